The van der Waals surface area contributed by atoms with Gasteiger partial charge in [-0.1, -0.05) is 29.8 Å². The maximum atomic E-state index is 10.7. The van der Waals surface area contributed by atoms with Crippen LogP contribution in [0.25, 0.3) is 0 Å². The average molecular weight is 289 g/mol. The van der Waals surface area contributed by atoms with Gasteiger partial charge in [-0.15, -0.1) is 0 Å². The van der Waals surface area contributed by atoms with E-state index in [1.165, 1.54) is 0 Å². The van der Waals surface area contributed by atoms with Gasteiger partial charge in [0.1, 0.15) is 0 Å². The molecule has 0 spiro atoms. The molecule has 7 heteroatoms. The number of rotatable bonds is 4. The first-order valence-corrected chi connectivity index (χ1v) is 5.94. The van der Waals surface area contributed by atoms with Crippen molar-refractivity contribution in [1.82, 2.24) is 4.90 Å². The number of nitro groups is 1. The van der Waals surface area contributed by atoms with E-state index < -0.39 is 17.6 Å². The summed E-state index contributed by atoms with van der Waals surface area (Å²) < 4.78 is 5.42. The molecule has 1 aromatic carbocycles. The molecule has 98 valence electrons. The second-order valence-electron chi connectivity index (χ2n) is 3.80. The molecular weight excluding hydrogens is 276 g/mol. The van der Waals surface area contributed by atoms with E-state index in [0.29, 0.717) is 10.6 Å². The Bertz CT molecular complexity index is 454. The lowest BCUT2D eigenvalue weighted by Crippen LogP contribution is -2.27. The summed E-state index contributed by atoms with van der Waals surface area (Å²) in [5.74, 6) is 0. The highest BCUT2D eigenvalue weighted by Gasteiger charge is 2.23. The van der Waals surface area contributed by atoms with E-state index in [4.69, 9.17) is 28.6 Å². The third-order valence-corrected chi connectivity index (χ3v) is 2.98. The topological polar surface area (TPSA) is 55.6 Å². The van der Waals surface area contributed by atoms with E-state index in [1.54, 1.807) is 43.3 Å². The Kier molecular flexibility index (Phi) is 5.30. The van der Waals surface area contributed by atoms with Crippen LogP contribution in [0.15, 0.2) is 24.3 Å². The molecule has 0 radical (unpaired) electrons. The van der Waals surface area contributed by atoms with Crippen LogP contribution in [0.3, 0.4) is 0 Å². The molecule has 0 aliphatic heterocycles. The highest BCUT2D eigenvalue weighted by molar-refractivity contribution is 7.80. The maximum absolute atomic E-state index is 10.7. The van der Waals surface area contributed by atoms with Gasteiger partial charge in [0.25, 0.3) is 5.17 Å². The van der Waals surface area contributed by atoms with Crippen molar-refractivity contribution in [2.45, 2.75) is 6.10 Å². The summed E-state index contributed by atoms with van der Waals surface area (Å²) in [5.41, 5.74) is 0.556. The van der Waals surface area contributed by atoms with Gasteiger partial charge < -0.3 is 9.64 Å². The molecule has 1 aromatic rings. The second kappa shape index (κ2) is 6.51. The minimum Gasteiger partial charge on any atom is -0.456 e. The van der Waals surface area contributed by atoms with Crippen LogP contribution < -0.4 is 0 Å². The van der Waals surface area contributed by atoms with Gasteiger partial charge in [0.2, 0.25) is 6.54 Å². The van der Waals surface area contributed by atoms with Crippen LogP contribution in [0, 0.1) is 10.1 Å². The molecule has 1 rings (SSSR count). The fourth-order valence-corrected chi connectivity index (χ4v) is 1.67. The molecule has 0 aliphatic carbocycles. The standard InChI is InChI=1S/C11H13ClN2O3S/c1-13(2)11(18)17-10(7-14(15)16)8-5-3-4-6-9(8)12/h3-6,10H,7H2,1-2H3. The second-order valence-corrected chi connectivity index (χ2v) is 4.56. The van der Waals surface area contributed by atoms with E-state index >= 15 is 0 Å². The van der Waals surface area contributed by atoms with Crippen LogP contribution in [0.2, 0.25) is 5.02 Å². The van der Waals surface area contributed by atoms with Crippen molar-refractivity contribution < 1.29 is 9.66 Å². The zero-order chi connectivity index (χ0) is 13.7. The van der Waals surface area contributed by atoms with Crippen LogP contribution in [-0.2, 0) is 4.74 Å². The fourth-order valence-electron chi connectivity index (χ4n) is 1.30. The summed E-state index contributed by atoms with van der Waals surface area (Å²) in [7, 11) is 3.41. The Hall–Kier alpha value is -1.40. The molecule has 18 heavy (non-hydrogen) atoms. The number of hydrogen-bond acceptors (Lipinski definition) is 4. The lowest BCUT2D eigenvalue weighted by atomic mass is 10.1. The van der Waals surface area contributed by atoms with E-state index in [-0.39, 0.29) is 5.17 Å². The summed E-state index contributed by atoms with van der Waals surface area (Å²) in [6.45, 7) is -0.391. The zero-order valence-corrected chi connectivity index (χ0v) is 11.6. The van der Waals surface area contributed by atoms with Crippen LogP contribution in [-0.4, -0.2) is 35.6 Å². The van der Waals surface area contributed by atoms with Gasteiger partial charge in [-0.05, 0) is 18.3 Å². The van der Waals surface area contributed by atoms with E-state index in [1.807, 2.05) is 0 Å². The largest absolute Gasteiger partial charge is 0.456 e. The van der Waals surface area contributed by atoms with Crippen molar-refractivity contribution in [2.24, 2.45) is 0 Å². The summed E-state index contributed by atoms with van der Waals surface area (Å²) in [5, 5.41) is 11.3. The summed E-state index contributed by atoms with van der Waals surface area (Å²) in [6.07, 6.45) is -0.788. The van der Waals surface area contributed by atoms with E-state index in [0.717, 1.165) is 0 Å². The number of ether oxygens (including phenoxy) is 1. The quantitative estimate of drug-likeness (QED) is 0.484. The molecular formula is C11H13ClN2O3S. The van der Waals surface area contributed by atoms with Crippen molar-refractivity contribution >= 4 is 29.0 Å². The summed E-state index contributed by atoms with van der Waals surface area (Å²) in [6, 6.07) is 6.84. The summed E-state index contributed by atoms with van der Waals surface area (Å²) in [4.78, 5) is 11.8. The third kappa shape index (κ3) is 4.12. The minimum atomic E-state index is -0.788. The van der Waals surface area contributed by atoms with Gasteiger partial charge >= 0.3 is 0 Å². The van der Waals surface area contributed by atoms with Gasteiger partial charge in [0.15, 0.2) is 6.10 Å². The maximum Gasteiger partial charge on any atom is 0.259 e. The third-order valence-electron chi connectivity index (χ3n) is 2.18. The predicted molar refractivity (Wildman–Crippen MR) is 73.4 cm³/mol. The molecule has 0 aliphatic rings. The average Bonchev–Trinajstić information content (AvgIpc) is 2.28. The van der Waals surface area contributed by atoms with Crippen LogP contribution in [0.4, 0.5) is 0 Å². The van der Waals surface area contributed by atoms with Gasteiger partial charge in [-0.2, -0.15) is 0 Å². The van der Waals surface area contributed by atoms with Crippen LogP contribution in [0.1, 0.15) is 11.7 Å². The minimum absolute atomic E-state index is 0.182. The molecule has 5 nitrogen and oxygen atoms in total. The van der Waals surface area contributed by atoms with Gasteiger partial charge in [-0.3, -0.25) is 10.1 Å². The van der Waals surface area contributed by atoms with Crippen molar-refractivity contribution in [1.29, 1.82) is 0 Å². The van der Waals surface area contributed by atoms with Gasteiger partial charge in [-0.25, -0.2) is 0 Å². The Labute approximate surface area is 115 Å². The summed E-state index contributed by atoms with van der Waals surface area (Å²) >= 11 is 11.0. The molecule has 0 N–H and O–H groups in total. The number of thiocarbonyl (C=S) groups is 1. The monoisotopic (exact) mass is 288 g/mol. The Morgan fingerprint density at radius 1 is 1.56 bits per heavy atom. The zero-order valence-electron chi connectivity index (χ0n) is 10.00. The predicted octanol–water partition coefficient (Wildman–Crippen LogP) is 2.52. The van der Waals surface area contributed by atoms with Crippen molar-refractivity contribution in [3.05, 3.63) is 45.0 Å². The smallest absolute Gasteiger partial charge is 0.259 e. The Morgan fingerprint density at radius 3 is 2.67 bits per heavy atom. The number of nitrogens with zero attached hydrogens (tertiary/aromatic N) is 2. The van der Waals surface area contributed by atoms with E-state index in [2.05, 4.69) is 0 Å². The molecule has 0 bridgehead atoms. The van der Waals surface area contributed by atoms with Crippen LogP contribution in [0.5, 0.6) is 0 Å². The number of benzene rings is 1. The highest BCUT2D eigenvalue weighted by Crippen LogP contribution is 2.26. The molecule has 1 atom stereocenters. The molecule has 0 heterocycles. The first-order valence-electron chi connectivity index (χ1n) is 5.16. The van der Waals surface area contributed by atoms with Crippen LogP contribution >= 0.6 is 23.8 Å². The number of hydrogen-bond donors (Lipinski definition) is 0. The molecule has 0 saturated heterocycles. The SMILES string of the molecule is CN(C)C(=S)OC(C[N+](=O)[O-])c1ccccc1Cl. The van der Waals surface area contributed by atoms with Gasteiger partial charge in [0, 0.05) is 29.6 Å². The molecule has 0 saturated carbocycles. The Morgan fingerprint density at radius 2 is 2.17 bits per heavy atom. The molecule has 1 unspecified atom stereocenters. The number of halogens is 1. The van der Waals surface area contributed by atoms with Crippen molar-refractivity contribution in [2.75, 3.05) is 20.6 Å². The molecule has 0 fully saturated rings. The first-order chi connectivity index (χ1) is 8.41. The lowest BCUT2D eigenvalue weighted by molar-refractivity contribution is -0.490. The highest BCUT2D eigenvalue weighted by atomic mass is 35.5. The van der Waals surface area contributed by atoms with Gasteiger partial charge in [0.05, 0.1) is 0 Å². The van der Waals surface area contributed by atoms with E-state index in [9.17, 15) is 10.1 Å². The van der Waals surface area contributed by atoms with Crippen molar-refractivity contribution in [3.8, 4) is 0 Å². The fraction of sp³-hybridized carbons (Fsp3) is 0.364. The Balaban J connectivity index is 2.95. The molecule has 0 aromatic heterocycles. The molecule has 0 amide bonds. The first kappa shape index (κ1) is 14.7. The normalized spacial score (nSPS) is 11.7. The van der Waals surface area contributed by atoms with Crippen molar-refractivity contribution in [3.63, 3.8) is 0 Å². The lowest BCUT2D eigenvalue weighted by Gasteiger charge is -2.21.